The van der Waals surface area contributed by atoms with Crippen LogP contribution in [0.2, 0.25) is 0 Å². The van der Waals surface area contributed by atoms with Gasteiger partial charge in [-0.05, 0) is 26.3 Å². The van der Waals surface area contributed by atoms with E-state index in [2.05, 4.69) is 29.4 Å². The van der Waals surface area contributed by atoms with Crippen LogP contribution in [-0.2, 0) is 4.79 Å². The molecular weight excluding hydrogens is 294 g/mol. The molecule has 4 nitrogen and oxygen atoms in total. The van der Waals surface area contributed by atoms with Gasteiger partial charge in [-0.2, -0.15) is 0 Å². The van der Waals surface area contributed by atoms with Crippen molar-refractivity contribution in [1.29, 1.82) is 0 Å². The normalized spacial score (nSPS) is 10.6. The van der Waals surface area contributed by atoms with Crippen LogP contribution in [-0.4, -0.2) is 17.4 Å². The highest BCUT2D eigenvalue weighted by molar-refractivity contribution is 7.14. The van der Waals surface area contributed by atoms with Crippen LogP contribution in [0.15, 0.2) is 29.6 Å². The second-order valence-corrected chi connectivity index (χ2v) is 6.26. The molecule has 1 aromatic carbocycles. The molecule has 0 aliphatic heterocycles. The van der Waals surface area contributed by atoms with Crippen molar-refractivity contribution < 1.29 is 4.79 Å². The summed E-state index contributed by atoms with van der Waals surface area (Å²) in [5.41, 5.74) is 8.65. The number of benzene rings is 1. The number of rotatable bonds is 8. The molecule has 1 heterocycles. The number of nitrogens with zero attached hydrogens (tertiary/aromatic N) is 1. The van der Waals surface area contributed by atoms with Crippen LogP contribution in [0.5, 0.6) is 0 Å². The summed E-state index contributed by atoms with van der Waals surface area (Å²) >= 11 is 1.46. The lowest BCUT2D eigenvalue weighted by molar-refractivity contribution is -0.116. The van der Waals surface area contributed by atoms with E-state index in [9.17, 15) is 4.79 Å². The van der Waals surface area contributed by atoms with Crippen molar-refractivity contribution in [2.45, 2.75) is 39.0 Å². The van der Waals surface area contributed by atoms with Gasteiger partial charge >= 0.3 is 0 Å². The number of carbonyl (C=O) groups excluding carboxylic acids is 1. The molecule has 3 N–H and O–H groups in total. The van der Waals surface area contributed by atoms with Crippen molar-refractivity contribution in [2.75, 3.05) is 11.9 Å². The Balaban J connectivity index is 1.81. The molecule has 2 aromatic rings. The third-order valence-electron chi connectivity index (χ3n) is 3.46. The largest absolute Gasteiger partial charge is 0.330 e. The number of unbranched alkanes of at least 4 members (excludes halogenated alkanes) is 3. The molecule has 0 aliphatic carbocycles. The van der Waals surface area contributed by atoms with E-state index in [4.69, 9.17) is 5.73 Å². The summed E-state index contributed by atoms with van der Waals surface area (Å²) in [5, 5.41) is 5.52. The molecule has 0 saturated heterocycles. The zero-order valence-electron chi connectivity index (χ0n) is 13.0. The van der Waals surface area contributed by atoms with Gasteiger partial charge in [-0.15, -0.1) is 11.3 Å². The third kappa shape index (κ3) is 5.24. The minimum Gasteiger partial charge on any atom is -0.330 e. The van der Waals surface area contributed by atoms with E-state index >= 15 is 0 Å². The molecule has 0 atom stereocenters. The fourth-order valence-corrected chi connectivity index (χ4v) is 2.89. The highest BCUT2D eigenvalue weighted by Gasteiger charge is 2.07. The first-order valence-corrected chi connectivity index (χ1v) is 8.59. The Morgan fingerprint density at radius 1 is 1.18 bits per heavy atom. The average Bonchev–Trinajstić information content (AvgIpc) is 2.96. The van der Waals surface area contributed by atoms with Gasteiger partial charge in [-0.25, -0.2) is 4.98 Å². The Morgan fingerprint density at radius 2 is 1.91 bits per heavy atom. The molecule has 0 bridgehead atoms. The maximum atomic E-state index is 11.9. The van der Waals surface area contributed by atoms with Gasteiger partial charge in [0.25, 0.3) is 0 Å². The number of hydrogen-bond acceptors (Lipinski definition) is 4. The summed E-state index contributed by atoms with van der Waals surface area (Å²) in [6, 6.07) is 8.23. The van der Waals surface area contributed by atoms with E-state index in [1.807, 2.05) is 17.5 Å². The van der Waals surface area contributed by atoms with Crippen molar-refractivity contribution in [2.24, 2.45) is 5.73 Å². The van der Waals surface area contributed by atoms with E-state index in [1.165, 1.54) is 16.9 Å². The number of hydrogen-bond donors (Lipinski definition) is 2. The van der Waals surface area contributed by atoms with E-state index in [-0.39, 0.29) is 5.91 Å². The molecule has 1 amide bonds. The van der Waals surface area contributed by atoms with E-state index in [1.54, 1.807) is 0 Å². The lowest BCUT2D eigenvalue weighted by Crippen LogP contribution is -2.10. The van der Waals surface area contributed by atoms with Crippen LogP contribution in [0.4, 0.5) is 5.13 Å². The summed E-state index contributed by atoms with van der Waals surface area (Å²) in [7, 11) is 0. The number of thiazole rings is 1. The molecule has 0 radical (unpaired) electrons. The molecule has 0 saturated carbocycles. The number of carbonyl (C=O) groups is 1. The van der Waals surface area contributed by atoms with E-state index in [0.717, 1.165) is 43.5 Å². The smallest absolute Gasteiger partial charge is 0.226 e. The van der Waals surface area contributed by atoms with Gasteiger partial charge in [0, 0.05) is 17.4 Å². The molecule has 0 fully saturated rings. The van der Waals surface area contributed by atoms with Crippen molar-refractivity contribution >= 4 is 22.4 Å². The topological polar surface area (TPSA) is 68.0 Å². The first-order chi connectivity index (χ1) is 10.7. The first kappa shape index (κ1) is 16.6. The molecule has 5 heteroatoms. The standard InChI is InChI=1S/C17H23N3OS/c1-13-7-9-14(10-8-13)15-12-22-17(19-15)20-16(21)6-4-2-3-5-11-18/h7-10,12H,2-6,11,18H2,1H3,(H,19,20,21). The number of nitrogens with two attached hydrogens (primary N) is 1. The fraction of sp³-hybridized carbons (Fsp3) is 0.412. The summed E-state index contributed by atoms with van der Waals surface area (Å²) in [6.07, 6.45) is 4.63. The maximum Gasteiger partial charge on any atom is 0.226 e. The van der Waals surface area contributed by atoms with Crippen molar-refractivity contribution in [3.05, 3.63) is 35.2 Å². The minimum absolute atomic E-state index is 0.0394. The Labute approximate surface area is 135 Å². The van der Waals surface area contributed by atoms with Crippen LogP contribution >= 0.6 is 11.3 Å². The van der Waals surface area contributed by atoms with Gasteiger partial charge in [0.1, 0.15) is 0 Å². The number of nitrogens with one attached hydrogen (secondary N) is 1. The van der Waals surface area contributed by atoms with Gasteiger partial charge in [0.15, 0.2) is 5.13 Å². The van der Waals surface area contributed by atoms with Crippen molar-refractivity contribution in [1.82, 2.24) is 4.98 Å². The van der Waals surface area contributed by atoms with Crippen LogP contribution in [0.3, 0.4) is 0 Å². The summed E-state index contributed by atoms with van der Waals surface area (Å²) < 4.78 is 0. The second kappa shape index (κ2) is 8.66. The van der Waals surface area contributed by atoms with Crippen LogP contribution in [0, 0.1) is 6.92 Å². The van der Waals surface area contributed by atoms with Gasteiger partial charge in [-0.1, -0.05) is 42.7 Å². The lowest BCUT2D eigenvalue weighted by Gasteiger charge is -2.02. The number of aromatic nitrogens is 1. The zero-order valence-corrected chi connectivity index (χ0v) is 13.8. The van der Waals surface area contributed by atoms with Crippen LogP contribution in [0.25, 0.3) is 11.3 Å². The highest BCUT2D eigenvalue weighted by atomic mass is 32.1. The fourth-order valence-electron chi connectivity index (χ4n) is 2.15. The molecule has 0 unspecified atom stereocenters. The van der Waals surface area contributed by atoms with E-state index in [0.29, 0.717) is 11.6 Å². The Hall–Kier alpha value is -1.72. The summed E-state index contributed by atoms with van der Waals surface area (Å²) in [6.45, 7) is 2.79. The maximum absolute atomic E-state index is 11.9. The predicted molar refractivity (Wildman–Crippen MR) is 93.1 cm³/mol. The van der Waals surface area contributed by atoms with Crippen LogP contribution < -0.4 is 11.1 Å². The molecule has 118 valence electrons. The Kier molecular flexibility index (Phi) is 6.55. The average molecular weight is 317 g/mol. The van der Waals surface area contributed by atoms with Gasteiger partial charge in [0.2, 0.25) is 5.91 Å². The Morgan fingerprint density at radius 3 is 2.64 bits per heavy atom. The molecule has 2 rings (SSSR count). The molecule has 22 heavy (non-hydrogen) atoms. The SMILES string of the molecule is Cc1ccc(-c2csc(NC(=O)CCCCCCN)n2)cc1. The molecule has 0 aliphatic rings. The zero-order chi connectivity index (χ0) is 15.8. The van der Waals surface area contributed by atoms with E-state index < -0.39 is 0 Å². The van der Waals surface area contributed by atoms with Gasteiger partial charge < -0.3 is 11.1 Å². The van der Waals surface area contributed by atoms with Crippen molar-refractivity contribution in [3.8, 4) is 11.3 Å². The van der Waals surface area contributed by atoms with Gasteiger partial charge in [0.05, 0.1) is 5.69 Å². The first-order valence-electron chi connectivity index (χ1n) is 7.71. The van der Waals surface area contributed by atoms with Gasteiger partial charge in [-0.3, -0.25) is 4.79 Å². The van der Waals surface area contributed by atoms with Crippen LogP contribution in [0.1, 0.15) is 37.7 Å². The number of aryl methyl sites for hydroxylation is 1. The predicted octanol–water partition coefficient (Wildman–Crippen LogP) is 3.97. The lowest BCUT2D eigenvalue weighted by atomic mass is 10.1. The quantitative estimate of drug-likeness (QED) is 0.724. The monoisotopic (exact) mass is 317 g/mol. The highest BCUT2D eigenvalue weighted by Crippen LogP contribution is 2.25. The second-order valence-electron chi connectivity index (χ2n) is 5.40. The molecule has 0 spiro atoms. The number of anilines is 1. The number of amides is 1. The third-order valence-corrected chi connectivity index (χ3v) is 4.21. The molecule has 1 aromatic heterocycles. The van der Waals surface area contributed by atoms with Crippen molar-refractivity contribution in [3.63, 3.8) is 0 Å². The summed E-state index contributed by atoms with van der Waals surface area (Å²) in [5.74, 6) is 0.0394. The molecular formula is C17H23N3OS. The summed E-state index contributed by atoms with van der Waals surface area (Å²) in [4.78, 5) is 16.3. The minimum atomic E-state index is 0.0394. The Bertz CT molecular complexity index is 592.